The van der Waals surface area contributed by atoms with E-state index >= 15 is 0 Å². The summed E-state index contributed by atoms with van der Waals surface area (Å²) in [6, 6.07) is 7.97. The standard InChI is InChI=1S/C11H12S/c1-3-6-11(12)10-8-5-4-7-9(10)2/h3-5,7-8,12H,1-2,6H2/b11-10-. The highest BCUT2D eigenvalue weighted by Gasteiger charge is 1.88. The lowest BCUT2D eigenvalue weighted by molar-refractivity contribution is 1.42. The zero-order chi connectivity index (χ0) is 8.97. The molecule has 0 bridgehead atoms. The van der Waals surface area contributed by atoms with Gasteiger partial charge in [-0.05, 0) is 21.8 Å². The number of rotatable bonds is 2. The summed E-state index contributed by atoms with van der Waals surface area (Å²) in [7, 11) is 0. The number of thiol groups is 1. The summed E-state index contributed by atoms with van der Waals surface area (Å²) in [6.45, 7) is 7.59. The minimum absolute atomic E-state index is 0.801. The summed E-state index contributed by atoms with van der Waals surface area (Å²) in [4.78, 5) is 1.02. The molecule has 0 heterocycles. The average Bonchev–Trinajstić information content (AvgIpc) is 2.05. The van der Waals surface area contributed by atoms with Crippen molar-refractivity contribution in [2.45, 2.75) is 6.42 Å². The van der Waals surface area contributed by atoms with Crippen molar-refractivity contribution in [2.75, 3.05) is 0 Å². The molecule has 1 heteroatoms. The fourth-order valence-corrected chi connectivity index (χ4v) is 1.40. The van der Waals surface area contributed by atoms with E-state index in [9.17, 15) is 0 Å². The number of allylic oxidation sites excluding steroid dienone is 1. The van der Waals surface area contributed by atoms with Gasteiger partial charge in [0.2, 0.25) is 0 Å². The van der Waals surface area contributed by atoms with Crippen LogP contribution in [0.25, 0.3) is 11.5 Å². The van der Waals surface area contributed by atoms with Crippen LogP contribution in [-0.2, 0) is 0 Å². The second-order valence-corrected chi connectivity index (χ2v) is 3.14. The quantitative estimate of drug-likeness (QED) is 0.515. The summed E-state index contributed by atoms with van der Waals surface area (Å²) in [5.41, 5.74) is 0. The minimum atomic E-state index is 0.801. The molecule has 0 aliphatic heterocycles. The smallest absolute Gasteiger partial charge is 0.00363 e. The molecular weight excluding hydrogens is 164 g/mol. The lowest BCUT2D eigenvalue weighted by Crippen LogP contribution is -2.23. The van der Waals surface area contributed by atoms with Gasteiger partial charge in [0, 0.05) is 0 Å². The number of hydrogen-bond acceptors (Lipinski definition) is 1. The predicted molar refractivity (Wildman–Crippen MR) is 58.4 cm³/mol. The molecule has 0 spiro atoms. The molecule has 0 amide bonds. The molecule has 1 aromatic rings. The van der Waals surface area contributed by atoms with Gasteiger partial charge in [0.15, 0.2) is 0 Å². The summed E-state index contributed by atoms with van der Waals surface area (Å²) in [5, 5.41) is 2.13. The predicted octanol–water partition coefficient (Wildman–Crippen LogP) is 1.71. The molecule has 1 aromatic carbocycles. The van der Waals surface area contributed by atoms with Gasteiger partial charge in [-0.3, -0.25) is 0 Å². The van der Waals surface area contributed by atoms with E-state index < -0.39 is 0 Å². The van der Waals surface area contributed by atoms with Crippen molar-refractivity contribution in [1.82, 2.24) is 0 Å². The average molecular weight is 176 g/mol. The number of benzene rings is 1. The Morgan fingerprint density at radius 2 is 2.08 bits per heavy atom. The zero-order valence-corrected chi connectivity index (χ0v) is 7.85. The molecule has 0 aliphatic rings. The summed E-state index contributed by atoms with van der Waals surface area (Å²) in [5.74, 6) is 0. The lowest BCUT2D eigenvalue weighted by atomic mass is 10.2. The molecule has 0 nitrogen and oxygen atoms in total. The van der Waals surface area contributed by atoms with Gasteiger partial charge in [-0.15, -0.1) is 19.2 Å². The van der Waals surface area contributed by atoms with E-state index in [1.54, 1.807) is 0 Å². The SMILES string of the molecule is C=CC/C(S)=c1\ccccc1=C. The molecule has 0 fully saturated rings. The largest absolute Gasteiger partial charge is 0.147 e. The van der Waals surface area contributed by atoms with Crippen LogP contribution in [0.3, 0.4) is 0 Å². The topological polar surface area (TPSA) is 0 Å². The van der Waals surface area contributed by atoms with E-state index in [4.69, 9.17) is 0 Å². The summed E-state index contributed by atoms with van der Waals surface area (Å²) in [6.07, 6.45) is 2.64. The number of hydrogen-bond donors (Lipinski definition) is 1. The Kier molecular flexibility index (Phi) is 3.18. The van der Waals surface area contributed by atoms with Gasteiger partial charge >= 0.3 is 0 Å². The van der Waals surface area contributed by atoms with Crippen molar-refractivity contribution >= 4 is 24.1 Å². The molecule has 0 aromatic heterocycles. The van der Waals surface area contributed by atoms with E-state index in [2.05, 4.69) is 25.8 Å². The second kappa shape index (κ2) is 4.17. The van der Waals surface area contributed by atoms with Gasteiger partial charge in [-0.2, -0.15) is 0 Å². The fraction of sp³-hybridized carbons (Fsp3) is 0.0909. The van der Waals surface area contributed by atoms with E-state index in [0.29, 0.717) is 0 Å². The van der Waals surface area contributed by atoms with Crippen molar-refractivity contribution in [3.05, 3.63) is 47.4 Å². The third-order valence-corrected chi connectivity index (χ3v) is 2.09. The van der Waals surface area contributed by atoms with Crippen LogP contribution in [-0.4, -0.2) is 0 Å². The monoisotopic (exact) mass is 176 g/mol. The van der Waals surface area contributed by atoms with E-state index in [1.807, 2.05) is 30.3 Å². The Morgan fingerprint density at radius 1 is 1.42 bits per heavy atom. The van der Waals surface area contributed by atoms with Crippen LogP contribution in [0.4, 0.5) is 0 Å². The molecule has 0 aliphatic carbocycles. The molecule has 0 N–H and O–H groups in total. The molecule has 0 saturated carbocycles. The first-order valence-corrected chi connectivity index (χ1v) is 4.27. The Morgan fingerprint density at radius 3 is 2.67 bits per heavy atom. The maximum Gasteiger partial charge on any atom is -0.00363 e. The molecular formula is C11H12S. The van der Waals surface area contributed by atoms with Gasteiger partial charge < -0.3 is 0 Å². The molecule has 0 atom stereocenters. The van der Waals surface area contributed by atoms with Gasteiger partial charge in [-0.25, -0.2) is 0 Å². The molecule has 12 heavy (non-hydrogen) atoms. The molecule has 1 rings (SSSR count). The van der Waals surface area contributed by atoms with E-state index in [-0.39, 0.29) is 0 Å². The van der Waals surface area contributed by atoms with E-state index in [1.165, 1.54) is 0 Å². The van der Waals surface area contributed by atoms with Crippen LogP contribution < -0.4 is 10.4 Å². The lowest BCUT2D eigenvalue weighted by Gasteiger charge is -1.94. The molecule has 0 saturated heterocycles. The van der Waals surface area contributed by atoms with Crippen LogP contribution in [0.2, 0.25) is 0 Å². The van der Waals surface area contributed by atoms with Crippen LogP contribution in [0.15, 0.2) is 36.9 Å². The normalized spacial score (nSPS) is 12.4. The van der Waals surface area contributed by atoms with Crippen molar-refractivity contribution in [2.24, 2.45) is 0 Å². The Labute approximate surface area is 78.3 Å². The highest BCUT2D eigenvalue weighted by atomic mass is 32.1. The van der Waals surface area contributed by atoms with Crippen LogP contribution >= 0.6 is 12.6 Å². The van der Waals surface area contributed by atoms with E-state index in [0.717, 1.165) is 21.8 Å². The maximum atomic E-state index is 4.37. The zero-order valence-electron chi connectivity index (χ0n) is 6.96. The highest BCUT2D eigenvalue weighted by Crippen LogP contribution is 2.03. The van der Waals surface area contributed by atoms with Crippen molar-refractivity contribution in [1.29, 1.82) is 0 Å². The fourth-order valence-electron chi connectivity index (χ4n) is 1.05. The van der Waals surface area contributed by atoms with Crippen molar-refractivity contribution in [3.8, 4) is 0 Å². The minimum Gasteiger partial charge on any atom is -0.147 e. The highest BCUT2D eigenvalue weighted by molar-refractivity contribution is 7.90. The van der Waals surface area contributed by atoms with Crippen LogP contribution in [0.5, 0.6) is 0 Å². The maximum absolute atomic E-state index is 4.37. The van der Waals surface area contributed by atoms with Crippen LogP contribution in [0.1, 0.15) is 6.42 Å². The third kappa shape index (κ3) is 2.02. The molecule has 0 radical (unpaired) electrons. The molecule has 62 valence electrons. The molecule has 0 unspecified atom stereocenters. The second-order valence-electron chi connectivity index (χ2n) is 2.60. The van der Waals surface area contributed by atoms with Gasteiger partial charge in [-0.1, -0.05) is 36.9 Å². The third-order valence-electron chi connectivity index (χ3n) is 1.67. The Bertz CT molecular complexity index is 376. The Hall–Kier alpha value is -0.950. The summed E-state index contributed by atoms with van der Waals surface area (Å²) >= 11 is 4.37. The van der Waals surface area contributed by atoms with Crippen molar-refractivity contribution in [3.63, 3.8) is 0 Å². The first-order valence-electron chi connectivity index (χ1n) is 3.82. The first kappa shape index (κ1) is 9.14. The van der Waals surface area contributed by atoms with Gasteiger partial charge in [0.05, 0.1) is 0 Å². The Balaban J connectivity index is 3.34. The van der Waals surface area contributed by atoms with Gasteiger partial charge in [0.25, 0.3) is 0 Å². The summed E-state index contributed by atoms with van der Waals surface area (Å²) < 4.78 is 0. The van der Waals surface area contributed by atoms with Crippen LogP contribution in [0, 0.1) is 0 Å². The van der Waals surface area contributed by atoms with Crippen molar-refractivity contribution < 1.29 is 0 Å². The first-order chi connectivity index (χ1) is 5.75. The van der Waals surface area contributed by atoms with Gasteiger partial charge in [0.1, 0.15) is 0 Å².